The van der Waals surface area contributed by atoms with E-state index in [2.05, 4.69) is 4.72 Å². The Morgan fingerprint density at radius 1 is 1.14 bits per heavy atom. The van der Waals surface area contributed by atoms with Crippen LogP contribution in [0.4, 0.5) is 10.1 Å². The van der Waals surface area contributed by atoms with Gasteiger partial charge in [-0.2, -0.15) is 0 Å². The highest BCUT2D eigenvalue weighted by molar-refractivity contribution is 7.92. The topological polar surface area (TPSA) is 66.5 Å². The zero-order valence-corrected chi connectivity index (χ0v) is 17.5. The van der Waals surface area contributed by atoms with E-state index in [1.165, 1.54) is 11.3 Å². The van der Waals surface area contributed by atoms with Gasteiger partial charge in [-0.3, -0.25) is 9.52 Å². The number of anilines is 1. The van der Waals surface area contributed by atoms with Gasteiger partial charge < -0.3 is 4.90 Å². The molecule has 0 bridgehead atoms. The molecule has 9 heteroatoms. The maximum atomic E-state index is 13.3. The second-order valence-electron chi connectivity index (χ2n) is 6.62. The highest BCUT2D eigenvalue weighted by Crippen LogP contribution is 2.27. The summed E-state index contributed by atoms with van der Waals surface area (Å²) in [6.45, 7) is 1.02. The molecular formula is C20H16ClFN2O3S2. The fraction of sp³-hybridized carbons (Fsp3) is 0.150. The van der Waals surface area contributed by atoms with Crippen LogP contribution in [0.2, 0.25) is 5.02 Å². The molecule has 5 nitrogen and oxygen atoms in total. The molecule has 0 saturated carbocycles. The summed E-state index contributed by atoms with van der Waals surface area (Å²) in [5, 5.41) is 1.60. The number of thiophene rings is 1. The number of rotatable bonds is 4. The number of carbonyl (C=O) groups is 1. The van der Waals surface area contributed by atoms with Gasteiger partial charge in [-0.05, 0) is 59.3 Å². The third-order valence-electron chi connectivity index (χ3n) is 4.69. The molecule has 0 aliphatic carbocycles. The van der Waals surface area contributed by atoms with Crippen LogP contribution in [-0.2, 0) is 23.0 Å². The van der Waals surface area contributed by atoms with Crippen molar-refractivity contribution in [1.29, 1.82) is 0 Å². The predicted molar refractivity (Wildman–Crippen MR) is 111 cm³/mol. The molecule has 150 valence electrons. The Kier molecular flexibility index (Phi) is 5.33. The standard InChI is InChI=1S/C20H16ClFN2O3S2/c21-17-11-16(5-6-18(17)22)29(26,27)23-15-4-3-13-7-8-24(12-14(13)10-15)20(25)19-2-1-9-28-19/h1-6,9-11,23H,7-8,12H2. The summed E-state index contributed by atoms with van der Waals surface area (Å²) >= 11 is 7.10. The molecule has 1 N–H and O–H groups in total. The van der Waals surface area contributed by atoms with Crippen molar-refractivity contribution in [1.82, 2.24) is 4.90 Å². The first-order valence-corrected chi connectivity index (χ1v) is 11.5. The van der Waals surface area contributed by atoms with E-state index in [9.17, 15) is 17.6 Å². The molecule has 2 heterocycles. The smallest absolute Gasteiger partial charge is 0.264 e. The van der Waals surface area contributed by atoms with Crippen molar-refractivity contribution in [3.8, 4) is 0 Å². The van der Waals surface area contributed by atoms with E-state index in [1.807, 2.05) is 17.5 Å². The van der Waals surface area contributed by atoms with Crippen molar-refractivity contribution in [2.45, 2.75) is 17.9 Å². The van der Waals surface area contributed by atoms with E-state index < -0.39 is 15.8 Å². The van der Waals surface area contributed by atoms with Crippen molar-refractivity contribution < 1.29 is 17.6 Å². The fourth-order valence-corrected chi connectivity index (χ4v) is 5.22. The Morgan fingerprint density at radius 2 is 1.97 bits per heavy atom. The molecule has 1 aromatic heterocycles. The van der Waals surface area contributed by atoms with E-state index in [1.54, 1.807) is 23.1 Å². The van der Waals surface area contributed by atoms with Crippen LogP contribution in [0.3, 0.4) is 0 Å². The molecular weight excluding hydrogens is 435 g/mol. The molecule has 2 aromatic carbocycles. The first-order valence-electron chi connectivity index (χ1n) is 8.76. The zero-order valence-electron chi connectivity index (χ0n) is 15.1. The summed E-state index contributed by atoms with van der Waals surface area (Å²) in [6.07, 6.45) is 0.701. The lowest BCUT2D eigenvalue weighted by Crippen LogP contribution is -2.35. The number of fused-ring (bicyclic) bond motifs is 1. The van der Waals surface area contributed by atoms with Crippen LogP contribution in [0.15, 0.2) is 58.8 Å². The third kappa shape index (κ3) is 4.14. The number of amides is 1. The molecule has 0 fully saturated rings. The van der Waals surface area contributed by atoms with Gasteiger partial charge in [-0.15, -0.1) is 11.3 Å². The van der Waals surface area contributed by atoms with Crippen LogP contribution >= 0.6 is 22.9 Å². The lowest BCUT2D eigenvalue weighted by atomic mass is 9.99. The lowest BCUT2D eigenvalue weighted by molar-refractivity contribution is 0.0739. The summed E-state index contributed by atoms with van der Waals surface area (Å²) in [5.41, 5.74) is 2.33. The number of hydrogen-bond donors (Lipinski definition) is 1. The Labute approximate surface area is 176 Å². The van der Waals surface area contributed by atoms with E-state index >= 15 is 0 Å². The van der Waals surface area contributed by atoms with Gasteiger partial charge in [0.1, 0.15) is 5.82 Å². The van der Waals surface area contributed by atoms with Crippen molar-refractivity contribution in [2.75, 3.05) is 11.3 Å². The maximum absolute atomic E-state index is 13.3. The molecule has 29 heavy (non-hydrogen) atoms. The number of benzene rings is 2. The summed E-state index contributed by atoms with van der Waals surface area (Å²) < 4.78 is 41.0. The van der Waals surface area contributed by atoms with Gasteiger partial charge in [0.15, 0.2) is 0 Å². The van der Waals surface area contributed by atoms with Crippen LogP contribution in [0.5, 0.6) is 0 Å². The van der Waals surface area contributed by atoms with E-state index in [4.69, 9.17) is 11.6 Å². The van der Waals surface area contributed by atoms with Crippen molar-refractivity contribution in [3.05, 3.63) is 80.8 Å². The van der Waals surface area contributed by atoms with Crippen molar-refractivity contribution in [2.24, 2.45) is 0 Å². The van der Waals surface area contributed by atoms with Gasteiger partial charge in [-0.25, -0.2) is 12.8 Å². The SMILES string of the molecule is O=C(c1cccs1)N1CCc2ccc(NS(=O)(=O)c3ccc(F)c(Cl)c3)cc2C1. The largest absolute Gasteiger partial charge is 0.333 e. The number of sulfonamides is 1. The van der Waals surface area contributed by atoms with Gasteiger partial charge in [0.25, 0.3) is 15.9 Å². The summed E-state index contributed by atoms with van der Waals surface area (Å²) in [7, 11) is -3.92. The van der Waals surface area contributed by atoms with E-state index in [-0.39, 0.29) is 15.8 Å². The quantitative estimate of drug-likeness (QED) is 0.634. The second-order valence-corrected chi connectivity index (χ2v) is 9.66. The minimum Gasteiger partial charge on any atom is -0.333 e. The Bertz CT molecular complexity index is 1180. The maximum Gasteiger partial charge on any atom is 0.264 e. The zero-order chi connectivity index (χ0) is 20.6. The average molecular weight is 451 g/mol. The molecule has 3 aromatic rings. The molecule has 1 aliphatic rings. The predicted octanol–water partition coefficient (Wildman–Crippen LogP) is 4.54. The number of nitrogens with zero attached hydrogens (tertiary/aromatic N) is 1. The minimum absolute atomic E-state index is 0.0300. The van der Waals surface area contributed by atoms with Crippen LogP contribution in [0, 0.1) is 5.82 Å². The first kappa shape index (κ1) is 19.9. The summed E-state index contributed by atoms with van der Waals surface area (Å²) in [4.78, 5) is 14.9. The van der Waals surface area contributed by atoms with Gasteiger partial charge in [0.05, 0.1) is 14.8 Å². The van der Waals surface area contributed by atoms with Gasteiger partial charge in [0, 0.05) is 18.8 Å². The molecule has 1 aliphatic heterocycles. The third-order valence-corrected chi connectivity index (χ3v) is 7.22. The van der Waals surface area contributed by atoms with Crippen molar-refractivity contribution in [3.63, 3.8) is 0 Å². The van der Waals surface area contributed by atoms with Gasteiger partial charge >= 0.3 is 0 Å². The molecule has 0 unspecified atom stereocenters. The number of hydrogen-bond acceptors (Lipinski definition) is 4. The molecule has 0 spiro atoms. The fourth-order valence-electron chi connectivity index (χ4n) is 3.21. The van der Waals surface area contributed by atoms with Gasteiger partial charge in [-0.1, -0.05) is 23.7 Å². The molecule has 4 rings (SSSR count). The average Bonchev–Trinajstić information content (AvgIpc) is 3.23. The lowest BCUT2D eigenvalue weighted by Gasteiger charge is -2.29. The number of carbonyl (C=O) groups excluding carboxylic acids is 1. The van der Waals surface area contributed by atoms with E-state index in [0.717, 1.165) is 29.3 Å². The van der Waals surface area contributed by atoms with Crippen LogP contribution in [0.25, 0.3) is 0 Å². The monoisotopic (exact) mass is 450 g/mol. The number of nitrogens with one attached hydrogen (secondary N) is 1. The van der Waals surface area contributed by atoms with Crippen LogP contribution in [-0.4, -0.2) is 25.8 Å². The minimum atomic E-state index is -3.92. The van der Waals surface area contributed by atoms with Crippen LogP contribution < -0.4 is 4.72 Å². The molecule has 0 atom stereocenters. The number of halogens is 2. The molecule has 0 radical (unpaired) electrons. The second kappa shape index (κ2) is 7.78. The summed E-state index contributed by atoms with van der Waals surface area (Å²) in [5.74, 6) is -0.715. The first-order chi connectivity index (χ1) is 13.8. The molecule has 1 amide bonds. The molecule has 0 saturated heterocycles. The Balaban J connectivity index is 1.56. The van der Waals surface area contributed by atoms with Gasteiger partial charge in [0.2, 0.25) is 0 Å². The van der Waals surface area contributed by atoms with E-state index in [0.29, 0.717) is 30.1 Å². The normalized spacial score (nSPS) is 13.8. The Hall–Kier alpha value is -2.42. The summed E-state index contributed by atoms with van der Waals surface area (Å²) in [6, 6.07) is 12.1. The van der Waals surface area contributed by atoms with Crippen molar-refractivity contribution >= 4 is 44.6 Å². The Morgan fingerprint density at radius 3 is 2.69 bits per heavy atom. The highest BCUT2D eigenvalue weighted by Gasteiger charge is 2.23. The highest BCUT2D eigenvalue weighted by atomic mass is 35.5. The van der Waals surface area contributed by atoms with Crippen LogP contribution in [0.1, 0.15) is 20.8 Å².